The molecule has 0 spiro atoms. The van der Waals surface area contributed by atoms with Gasteiger partial charge < -0.3 is 10.0 Å². The molecule has 6 heteroatoms. The first kappa shape index (κ1) is 13.0. The Morgan fingerprint density at radius 1 is 1.50 bits per heavy atom. The minimum Gasteiger partial charge on any atom is -0.480 e. The van der Waals surface area contributed by atoms with Crippen molar-refractivity contribution in [2.75, 3.05) is 6.54 Å². The van der Waals surface area contributed by atoms with Crippen LogP contribution in [0, 0.1) is 0 Å². The van der Waals surface area contributed by atoms with Crippen LogP contribution in [0.25, 0.3) is 0 Å². The molecule has 1 aliphatic rings. The lowest BCUT2D eigenvalue weighted by Crippen LogP contribution is -2.48. The van der Waals surface area contributed by atoms with Crippen LogP contribution in [-0.2, 0) is 16.0 Å². The van der Waals surface area contributed by atoms with Gasteiger partial charge >= 0.3 is 5.97 Å². The molecule has 0 radical (unpaired) electrons. The van der Waals surface area contributed by atoms with Gasteiger partial charge in [0.1, 0.15) is 6.04 Å². The maximum absolute atomic E-state index is 12.0. The van der Waals surface area contributed by atoms with Crippen LogP contribution >= 0.6 is 11.3 Å². The first-order valence-electron chi connectivity index (χ1n) is 6.08. The van der Waals surface area contributed by atoms with Gasteiger partial charge in [-0.15, -0.1) is 11.3 Å². The number of carboxylic acid groups (broad SMARTS) is 1. The summed E-state index contributed by atoms with van der Waals surface area (Å²) in [5, 5.41) is 11.0. The third-order valence-corrected chi connectivity index (χ3v) is 3.82. The Kier molecular flexibility index (Phi) is 4.30. The number of carbonyl (C=O) groups excluding carboxylic acids is 1. The van der Waals surface area contributed by atoms with Crippen LogP contribution in [0.5, 0.6) is 0 Å². The van der Waals surface area contributed by atoms with Crippen LogP contribution in [0.15, 0.2) is 10.9 Å². The van der Waals surface area contributed by atoms with E-state index in [1.807, 2.05) is 5.38 Å². The van der Waals surface area contributed by atoms with Crippen molar-refractivity contribution in [3.8, 4) is 0 Å². The summed E-state index contributed by atoms with van der Waals surface area (Å²) in [6.45, 7) is 0.562. The lowest BCUT2D eigenvalue weighted by molar-refractivity contribution is -0.152. The van der Waals surface area contributed by atoms with Crippen LogP contribution in [0.3, 0.4) is 0 Å². The second-order valence-corrected chi connectivity index (χ2v) is 5.14. The van der Waals surface area contributed by atoms with E-state index in [2.05, 4.69) is 4.98 Å². The molecule has 1 fully saturated rings. The summed E-state index contributed by atoms with van der Waals surface area (Å²) in [7, 11) is 0. The topological polar surface area (TPSA) is 70.5 Å². The molecular weight excluding hydrogens is 252 g/mol. The summed E-state index contributed by atoms with van der Waals surface area (Å²) in [6, 6.07) is -0.637. The van der Waals surface area contributed by atoms with E-state index < -0.39 is 12.0 Å². The van der Waals surface area contributed by atoms with E-state index in [1.54, 1.807) is 5.51 Å². The highest BCUT2D eigenvalue weighted by Crippen LogP contribution is 2.18. The Morgan fingerprint density at radius 3 is 3.00 bits per heavy atom. The average Bonchev–Trinajstić information content (AvgIpc) is 2.89. The molecule has 0 aromatic carbocycles. The fourth-order valence-electron chi connectivity index (χ4n) is 2.23. The number of nitrogens with zero attached hydrogens (tertiary/aromatic N) is 2. The normalized spacial score (nSPS) is 19.8. The fourth-order valence-corrected chi connectivity index (χ4v) is 2.82. The number of likely N-dealkylation sites (tertiary alicyclic amines) is 1. The molecule has 2 heterocycles. The molecule has 1 amide bonds. The van der Waals surface area contributed by atoms with Gasteiger partial charge in [-0.2, -0.15) is 0 Å². The smallest absolute Gasteiger partial charge is 0.326 e. The van der Waals surface area contributed by atoms with Crippen molar-refractivity contribution in [1.29, 1.82) is 0 Å². The zero-order valence-electron chi connectivity index (χ0n) is 10.0. The Morgan fingerprint density at radius 2 is 2.33 bits per heavy atom. The van der Waals surface area contributed by atoms with Gasteiger partial charge in [-0.3, -0.25) is 4.79 Å². The maximum atomic E-state index is 12.0. The van der Waals surface area contributed by atoms with Crippen molar-refractivity contribution in [2.45, 2.75) is 38.1 Å². The molecule has 1 aliphatic heterocycles. The van der Waals surface area contributed by atoms with Gasteiger partial charge in [-0.1, -0.05) is 0 Å². The van der Waals surface area contributed by atoms with E-state index in [-0.39, 0.29) is 5.91 Å². The van der Waals surface area contributed by atoms with Gasteiger partial charge in [0.25, 0.3) is 0 Å². The summed E-state index contributed by atoms with van der Waals surface area (Å²) >= 11 is 1.50. The van der Waals surface area contributed by atoms with Crippen LogP contribution in [0.2, 0.25) is 0 Å². The molecule has 2 rings (SSSR count). The number of thiazole rings is 1. The number of amides is 1. The highest BCUT2D eigenvalue weighted by molar-refractivity contribution is 7.07. The quantitative estimate of drug-likeness (QED) is 0.899. The molecular formula is C12H16N2O3S. The van der Waals surface area contributed by atoms with Crippen LogP contribution in [-0.4, -0.2) is 39.5 Å². The number of hydrogen-bond donors (Lipinski definition) is 1. The second-order valence-electron chi connectivity index (χ2n) is 4.42. The number of rotatable bonds is 4. The lowest BCUT2D eigenvalue weighted by atomic mass is 10.0. The van der Waals surface area contributed by atoms with Crippen LogP contribution in [0.1, 0.15) is 31.4 Å². The van der Waals surface area contributed by atoms with E-state index in [1.165, 1.54) is 16.2 Å². The summed E-state index contributed by atoms with van der Waals surface area (Å²) in [5.74, 6) is -0.966. The van der Waals surface area contributed by atoms with Crippen molar-refractivity contribution >= 4 is 23.2 Å². The number of carboxylic acids is 1. The largest absolute Gasteiger partial charge is 0.480 e. The zero-order chi connectivity index (χ0) is 13.0. The standard InChI is InChI=1S/C12H16N2O3S/c15-11(5-4-9-7-18-8-13-9)14-6-2-1-3-10(14)12(16)17/h7-8,10H,1-6H2,(H,16,17)/t10-/m1/s1. The van der Waals surface area contributed by atoms with Gasteiger partial charge in [-0.25, -0.2) is 9.78 Å². The van der Waals surface area contributed by atoms with Crippen molar-refractivity contribution in [3.63, 3.8) is 0 Å². The van der Waals surface area contributed by atoms with Crippen molar-refractivity contribution in [1.82, 2.24) is 9.88 Å². The molecule has 1 saturated heterocycles. The average molecular weight is 268 g/mol. The fraction of sp³-hybridized carbons (Fsp3) is 0.583. The summed E-state index contributed by atoms with van der Waals surface area (Å²) in [4.78, 5) is 28.8. The molecule has 0 saturated carbocycles. The first-order valence-corrected chi connectivity index (χ1v) is 7.02. The summed E-state index contributed by atoms with van der Waals surface area (Å²) in [6.07, 6.45) is 3.27. The van der Waals surface area contributed by atoms with Gasteiger partial charge in [0, 0.05) is 18.3 Å². The maximum Gasteiger partial charge on any atom is 0.326 e. The van der Waals surface area contributed by atoms with E-state index in [0.29, 0.717) is 25.8 Å². The van der Waals surface area contributed by atoms with Crippen LogP contribution < -0.4 is 0 Å². The molecule has 18 heavy (non-hydrogen) atoms. The predicted molar refractivity (Wildman–Crippen MR) is 67.4 cm³/mol. The molecule has 0 aliphatic carbocycles. The van der Waals surface area contributed by atoms with E-state index in [0.717, 1.165) is 18.5 Å². The Hall–Kier alpha value is -1.43. The highest BCUT2D eigenvalue weighted by Gasteiger charge is 2.31. The molecule has 5 nitrogen and oxygen atoms in total. The van der Waals surface area contributed by atoms with Crippen LogP contribution in [0.4, 0.5) is 0 Å². The Balaban J connectivity index is 1.92. The summed E-state index contributed by atoms with van der Waals surface area (Å²) in [5.41, 5.74) is 2.64. The zero-order valence-corrected chi connectivity index (χ0v) is 10.9. The van der Waals surface area contributed by atoms with Gasteiger partial charge in [0.05, 0.1) is 11.2 Å². The van der Waals surface area contributed by atoms with Gasteiger partial charge in [0.15, 0.2) is 0 Å². The molecule has 1 N–H and O–H groups in total. The molecule has 0 bridgehead atoms. The van der Waals surface area contributed by atoms with Crippen molar-refractivity contribution < 1.29 is 14.7 Å². The van der Waals surface area contributed by atoms with Crippen molar-refractivity contribution in [3.05, 3.63) is 16.6 Å². The SMILES string of the molecule is O=C(O)[C@H]1CCCCN1C(=O)CCc1cscn1. The monoisotopic (exact) mass is 268 g/mol. The first-order chi connectivity index (χ1) is 8.68. The molecule has 1 aromatic rings. The molecule has 98 valence electrons. The van der Waals surface area contributed by atoms with Gasteiger partial charge in [0.2, 0.25) is 5.91 Å². The lowest BCUT2D eigenvalue weighted by Gasteiger charge is -2.33. The molecule has 1 aromatic heterocycles. The number of hydrogen-bond acceptors (Lipinski definition) is 4. The Labute approximate surface area is 109 Å². The third-order valence-electron chi connectivity index (χ3n) is 3.19. The number of aryl methyl sites for hydroxylation is 1. The minimum atomic E-state index is -0.892. The highest BCUT2D eigenvalue weighted by atomic mass is 32.1. The Bertz CT molecular complexity index is 419. The van der Waals surface area contributed by atoms with E-state index >= 15 is 0 Å². The van der Waals surface area contributed by atoms with E-state index in [9.17, 15) is 9.59 Å². The number of piperidine rings is 1. The second kappa shape index (κ2) is 5.95. The molecule has 1 atom stereocenters. The minimum absolute atomic E-state index is 0.0740. The number of aromatic nitrogens is 1. The molecule has 0 unspecified atom stereocenters. The number of aliphatic carboxylic acids is 1. The van der Waals surface area contributed by atoms with Gasteiger partial charge in [-0.05, 0) is 25.7 Å². The van der Waals surface area contributed by atoms with E-state index in [4.69, 9.17) is 5.11 Å². The summed E-state index contributed by atoms with van der Waals surface area (Å²) < 4.78 is 0. The number of carbonyl (C=O) groups is 2. The van der Waals surface area contributed by atoms with Crippen molar-refractivity contribution in [2.24, 2.45) is 0 Å². The third kappa shape index (κ3) is 3.07. The predicted octanol–water partition coefficient (Wildman–Crippen LogP) is 1.54.